The van der Waals surface area contributed by atoms with Gasteiger partial charge in [0.25, 0.3) is 5.71 Å². The van der Waals surface area contributed by atoms with Gasteiger partial charge in [-0.05, 0) is 26.3 Å². The fourth-order valence-corrected chi connectivity index (χ4v) is 2.37. The Morgan fingerprint density at radius 3 is 3.22 bits per heavy atom. The maximum atomic E-state index is 5.12. The molecule has 0 bridgehead atoms. The van der Waals surface area contributed by atoms with Crippen molar-refractivity contribution >= 4 is 16.9 Å². The van der Waals surface area contributed by atoms with Crippen molar-refractivity contribution in [3.05, 3.63) is 12.0 Å². The number of nitrogens with one attached hydrogen (secondary N) is 2. The van der Waals surface area contributed by atoms with Crippen LogP contribution >= 0.6 is 0 Å². The Hall–Kier alpha value is -1.69. The highest BCUT2D eigenvalue weighted by Crippen LogP contribution is 2.22. The molecule has 6 nitrogen and oxygen atoms in total. The van der Waals surface area contributed by atoms with Gasteiger partial charge in [0.2, 0.25) is 0 Å². The summed E-state index contributed by atoms with van der Waals surface area (Å²) < 4.78 is 5.12. The van der Waals surface area contributed by atoms with Gasteiger partial charge in [0.15, 0.2) is 0 Å². The Morgan fingerprint density at radius 1 is 1.44 bits per heavy atom. The van der Waals surface area contributed by atoms with Gasteiger partial charge in [0.05, 0.1) is 5.69 Å². The number of fused-ring (bicyclic) bond motifs is 1. The molecule has 0 aromatic carbocycles. The third-order valence-electron chi connectivity index (χ3n) is 3.37. The lowest BCUT2D eigenvalue weighted by Gasteiger charge is -2.23. The molecule has 2 N–H and O–H groups in total. The number of aromatic nitrogens is 3. The molecule has 1 aliphatic rings. The lowest BCUT2D eigenvalue weighted by atomic mass is 10.1. The van der Waals surface area contributed by atoms with E-state index in [0.717, 1.165) is 30.0 Å². The van der Waals surface area contributed by atoms with E-state index in [1.165, 1.54) is 25.6 Å². The number of aryl methyl sites for hydroxylation is 1. The van der Waals surface area contributed by atoms with E-state index in [9.17, 15) is 0 Å². The zero-order chi connectivity index (χ0) is 12.4. The van der Waals surface area contributed by atoms with Gasteiger partial charge in [0.1, 0.15) is 17.5 Å². The van der Waals surface area contributed by atoms with Gasteiger partial charge < -0.3 is 15.2 Å². The standard InChI is InChI=1S/C12H17N5O/c1-8-10-11(15-7-16-12(10)18-17-8)14-6-9-4-2-3-5-13-9/h7,9,13H,2-6H2,1H3,(H,14,15,16). The van der Waals surface area contributed by atoms with Gasteiger partial charge in [-0.25, -0.2) is 4.98 Å². The van der Waals surface area contributed by atoms with Crippen molar-refractivity contribution in [3.63, 3.8) is 0 Å². The predicted octanol–water partition coefficient (Wildman–Crippen LogP) is 1.48. The van der Waals surface area contributed by atoms with Crippen LogP contribution < -0.4 is 10.6 Å². The molecule has 2 aromatic rings. The minimum Gasteiger partial charge on any atom is -0.368 e. The quantitative estimate of drug-likeness (QED) is 0.855. The van der Waals surface area contributed by atoms with Crippen molar-refractivity contribution in [3.8, 4) is 0 Å². The third-order valence-corrected chi connectivity index (χ3v) is 3.37. The van der Waals surface area contributed by atoms with E-state index >= 15 is 0 Å². The molecule has 1 aliphatic heterocycles. The van der Waals surface area contributed by atoms with Gasteiger partial charge in [0, 0.05) is 12.6 Å². The summed E-state index contributed by atoms with van der Waals surface area (Å²) in [6.07, 6.45) is 5.29. The first-order valence-corrected chi connectivity index (χ1v) is 6.39. The van der Waals surface area contributed by atoms with Crippen LogP contribution in [0.4, 0.5) is 5.82 Å². The Morgan fingerprint density at radius 2 is 2.39 bits per heavy atom. The van der Waals surface area contributed by atoms with E-state index in [0.29, 0.717) is 11.8 Å². The van der Waals surface area contributed by atoms with Crippen molar-refractivity contribution < 1.29 is 4.52 Å². The molecule has 0 amide bonds. The average molecular weight is 247 g/mol. The Labute approximate surface area is 105 Å². The summed E-state index contributed by atoms with van der Waals surface area (Å²) in [5.41, 5.74) is 1.37. The first-order chi connectivity index (χ1) is 8.84. The number of hydrogen-bond donors (Lipinski definition) is 2. The zero-order valence-electron chi connectivity index (χ0n) is 10.4. The van der Waals surface area contributed by atoms with E-state index in [1.54, 1.807) is 0 Å². The van der Waals surface area contributed by atoms with E-state index in [1.807, 2.05) is 6.92 Å². The zero-order valence-corrected chi connectivity index (χ0v) is 10.4. The fraction of sp³-hybridized carbons (Fsp3) is 0.583. The van der Waals surface area contributed by atoms with Crippen molar-refractivity contribution in [1.82, 2.24) is 20.4 Å². The van der Waals surface area contributed by atoms with Crippen LogP contribution in [0, 0.1) is 6.92 Å². The minimum absolute atomic E-state index is 0.518. The molecular formula is C12H17N5O. The highest BCUT2D eigenvalue weighted by Gasteiger charge is 2.15. The van der Waals surface area contributed by atoms with Crippen LogP contribution in [0.5, 0.6) is 0 Å². The van der Waals surface area contributed by atoms with E-state index in [2.05, 4.69) is 25.8 Å². The van der Waals surface area contributed by atoms with Crippen LogP contribution in [0.1, 0.15) is 25.0 Å². The van der Waals surface area contributed by atoms with Crippen LogP contribution in [0.15, 0.2) is 10.9 Å². The molecule has 0 aliphatic carbocycles. The predicted molar refractivity (Wildman–Crippen MR) is 68.5 cm³/mol. The number of piperidine rings is 1. The number of anilines is 1. The summed E-state index contributed by atoms with van der Waals surface area (Å²) in [5, 5.41) is 11.7. The number of nitrogens with zero attached hydrogens (tertiary/aromatic N) is 3. The highest BCUT2D eigenvalue weighted by molar-refractivity contribution is 5.87. The second-order valence-corrected chi connectivity index (χ2v) is 4.70. The van der Waals surface area contributed by atoms with Crippen LogP contribution in [-0.2, 0) is 0 Å². The number of hydrogen-bond acceptors (Lipinski definition) is 6. The first kappa shape index (κ1) is 11.4. The monoisotopic (exact) mass is 247 g/mol. The molecule has 1 unspecified atom stereocenters. The van der Waals surface area contributed by atoms with Crippen molar-refractivity contribution in [1.29, 1.82) is 0 Å². The van der Waals surface area contributed by atoms with Crippen molar-refractivity contribution in [2.24, 2.45) is 0 Å². The average Bonchev–Trinajstić information content (AvgIpc) is 2.80. The molecule has 0 spiro atoms. The lowest BCUT2D eigenvalue weighted by molar-refractivity contribution is 0.414. The fourth-order valence-electron chi connectivity index (χ4n) is 2.37. The van der Waals surface area contributed by atoms with Crippen LogP contribution in [0.25, 0.3) is 11.1 Å². The molecule has 0 radical (unpaired) electrons. The lowest BCUT2D eigenvalue weighted by Crippen LogP contribution is -2.39. The Kier molecular flexibility index (Phi) is 3.10. The van der Waals surface area contributed by atoms with Crippen LogP contribution in [0.2, 0.25) is 0 Å². The Balaban J connectivity index is 1.75. The summed E-state index contributed by atoms with van der Waals surface area (Å²) >= 11 is 0. The summed E-state index contributed by atoms with van der Waals surface area (Å²) in [5.74, 6) is 0.811. The van der Waals surface area contributed by atoms with Gasteiger partial charge >= 0.3 is 0 Å². The summed E-state index contributed by atoms with van der Waals surface area (Å²) in [7, 11) is 0. The SMILES string of the molecule is Cc1noc2ncnc(NCC3CCCCN3)c12. The van der Waals surface area contributed by atoms with Crippen LogP contribution in [0.3, 0.4) is 0 Å². The molecule has 2 aromatic heterocycles. The molecule has 18 heavy (non-hydrogen) atoms. The van der Waals surface area contributed by atoms with E-state index in [-0.39, 0.29) is 0 Å². The molecule has 1 atom stereocenters. The second-order valence-electron chi connectivity index (χ2n) is 4.70. The topological polar surface area (TPSA) is 75.9 Å². The highest BCUT2D eigenvalue weighted by atomic mass is 16.5. The molecule has 1 saturated heterocycles. The van der Waals surface area contributed by atoms with E-state index in [4.69, 9.17) is 4.52 Å². The Bertz CT molecular complexity index is 532. The molecule has 6 heteroatoms. The normalized spacial score (nSPS) is 20.2. The first-order valence-electron chi connectivity index (χ1n) is 6.39. The van der Waals surface area contributed by atoms with Crippen molar-refractivity contribution in [2.75, 3.05) is 18.4 Å². The minimum atomic E-state index is 0.518. The number of rotatable bonds is 3. The van der Waals surface area contributed by atoms with Gasteiger partial charge in [-0.3, -0.25) is 0 Å². The molecule has 3 rings (SSSR count). The smallest absolute Gasteiger partial charge is 0.263 e. The summed E-state index contributed by atoms with van der Waals surface area (Å²) in [4.78, 5) is 8.34. The summed E-state index contributed by atoms with van der Waals surface area (Å²) in [6, 6.07) is 0.518. The molecular weight excluding hydrogens is 230 g/mol. The maximum Gasteiger partial charge on any atom is 0.263 e. The second kappa shape index (κ2) is 4.89. The van der Waals surface area contributed by atoms with Crippen molar-refractivity contribution in [2.45, 2.75) is 32.2 Å². The third kappa shape index (κ3) is 2.15. The van der Waals surface area contributed by atoms with Gasteiger partial charge in [-0.1, -0.05) is 11.6 Å². The molecule has 3 heterocycles. The van der Waals surface area contributed by atoms with Crippen LogP contribution in [-0.4, -0.2) is 34.3 Å². The molecule has 0 saturated carbocycles. The van der Waals surface area contributed by atoms with Gasteiger partial charge in [-0.15, -0.1) is 0 Å². The summed E-state index contributed by atoms with van der Waals surface area (Å²) in [6.45, 7) is 3.88. The molecule has 1 fully saturated rings. The van der Waals surface area contributed by atoms with E-state index < -0.39 is 0 Å². The van der Waals surface area contributed by atoms with Gasteiger partial charge in [-0.2, -0.15) is 4.98 Å². The maximum absolute atomic E-state index is 5.12. The largest absolute Gasteiger partial charge is 0.368 e. The molecule has 96 valence electrons.